The zero-order chi connectivity index (χ0) is 14.8. The van der Waals surface area contributed by atoms with Gasteiger partial charge < -0.3 is 10.6 Å². The molecular formula is C16H16N2O2S. The summed E-state index contributed by atoms with van der Waals surface area (Å²) in [5, 5.41) is 1.97. The topological polar surface area (TPSA) is 63.4 Å². The third-order valence-electron chi connectivity index (χ3n) is 3.72. The van der Waals surface area contributed by atoms with E-state index in [1.54, 1.807) is 28.4 Å². The highest BCUT2D eigenvalue weighted by atomic mass is 32.1. The predicted octanol–water partition coefficient (Wildman–Crippen LogP) is 2.37. The first-order valence-corrected chi connectivity index (χ1v) is 7.79. The lowest BCUT2D eigenvalue weighted by Gasteiger charge is -2.30. The number of benzene rings is 1. The number of nitrogens with two attached hydrogens (primary N) is 1. The van der Waals surface area contributed by atoms with Crippen LogP contribution in [0.2, 0.25) is 0 Å². The molecule has 0 radical (unpaired) electrons. The summed E-state index contributed by atoms with van der Waals surface area (Å²) < 4.78 is 0. The van der Waals surface area contributed by atoms with E-state index in [9.17, 15) is 9.59 Å². The van der Waals surface area contributed by atoms with Crippen LogP contribution in [-0.2, 0) is 17.6 Å². The molecule has 2 aromatic rings. The Kier molecular flexibility index (Phi) is 3.75. The molecule has 1 aliphatic heterocycles. The Morgan fingerprint density at radius 3 is 2.81 bits per heavy atom. The Morgan fingerprint density at radius 1 is 1.24 bits per heavy atom. The van der Waals surface area contributed by atoms with Gasteiger partial charge in [-0.3, -0.25) is 9.59 Å². The van der Waals surface area contributed by atoms with Crippen molar-refractivity contribution in [3.63, 3.8) is 0 Å². The van der Waals surface area contributed by atoms with Gasteiger partial charge in [-0.2, -0.15) is 0 Å². The van der Waals surface area contributed by atoms with Gasteiger partial charge in [0.2, 0.25) is 11.8 Å². The second-order valence-electron chi connectivity index (χ2n) is 5.07. The number of carbonyl (C=O) groups excluding carboxylic acids is 2. The number of hydrogen-bond donors (Lipinski definition) is 1. The van der Waals surface area contributed by atoms with Gasteiger partial charge >= 0.3 is 0 Å². The Balaban J connectivity index is 1.92. The standard InChI is InChI=1S/C16H16N2O2S/c17-16(20)13-5-1-7-14-12(13)6-2-8-18(14)15(19)10-11-4-3-9-21-11/h1,3-5,7,9H,2,6,8,10H2,(H2,17,20). The van der Waals surface area contributed by atoms with E-state index in [-0.39, 0.29) is 5.91 Å². The number of rotatable bonds is 3. The Bertz CT molecular complexity index is 680. The summed E-state index contributed by atoms with van der Waals surface area (Å²) in [6.45, 7) is 0.694. The highest BCUT2D eigenvalue weighted by Gasteiger charge is 2.25. The Labute approximate surface area is 127 Å². The number of carbonyl (C=O) groups is 2. The molecule has 0 fully saturated rings. The number of fused-ring (bicyclic) bond motifs is 1. The molecule has 1 aliphatic rings. The smallest absolute Gasteiger partial charge is 0.249 e. The fourth-order valence-electron chi connectivity index (χ4n) is 2.77. The van der Waals surface area contributed by atoms with E-state index < -0.39 is 5.91 Å². The number of hydrogen-bond acceptors (Lipinski definition) is 3. The maximum Gasteiger partial charge on any atom is 0.249 e. The summed E-state index contributed by atoms with van der Waals surface area (Å²) in [6.07, 6.45) is 2.04. The first kappa shape index (κ1) is 13.8. The maximum atomic E-state index is 12.5. The van der Waals surface area contributed by atoms with Crippen LogP contribution in [0.5, 0.6) is 0 Å². The average molecular weight is 300 g/mol. The summed E-state index contributed by atoms with van der Waals surface area (Å²) in [5.74, 6) is -0.362. The zero-order valence-corrected chi connectivity index (χ0v) is 12.4. The van der Waals surface area contributed by atoms with Crippen molar-refractivity contribution in [1.82, 2.24) is 0 Å². The maximum absolute atomic E-state index is 12.5. The van der Waals surface area contributed by atoms with Crippen molar-refractivity contribution in [2.75, 3.05) is 11.4 Å². The molecule has 4 nitrogen and oxygen atoms in total. The van der Waals surface area contributed by atoms with Crippen molar-refractivity contribution in [3.05, 3.63) is 51.7 Å². The minimum Gasteiger partial charge on any atom is -0.366 e. The lowest BCUT2D eigenvalue weighted by atomic mass is 9.95. The molecule has 1 aromatic heterocycles. The Morgan fingerprint density at radius 2 is 2.10 bits per heavy atom. The molecule has 1 aromatic carbocycles. The van der Waals surface area contributed by atoms with Crippen LogP contribution in [-0.4, -0.2) is 18.4 Å². The fraction of sp³-hybridized carbons (Fsp3) is 0.250. The van der Waals surface area contributed by atoms with Crippen molar-refractivity contribution >= 4 is 28.8 Å². The summed E-state index contributed by atoms with van der Waals surface area (Å²) >= 11 is 1.58. The molecule has 2 N–H and O–H groups in total. The molecule has 0 atom stereocenters. The van der Waals surface area contributed by atoms with Crippen molar-refractivity contribution in [2.45, 2.75) is 19.3 Å². The highest BCUT2D eigenvalue weighted by molar-refractivity contribution is 7.10. The predicted molar refractivity (Wildman–Crippen MR) is 83.7 cm³/mol. The summed E-state index contributed by atoms with van der Waals surface area (Å²) in [6, 6.07) is 9.33. The van der Waals surface area contributed by atoms with Crippen LogP contribution >= 0.6 is 11.3 Å². The van der Waals surface area contributed by atoms with E-state index in [0.29, 0.717) is 18.5 Å². The molecule has 0 spiro atoms. The zero-order valence-electron chi connectivity index (χ0n) is 11.5. The summed E-state index contributed by atoms with van der Waals surface area (Å²) in [5.41, 5.74) is 7.69. The lowest BCUT2D eigenvalue weighted by molar-refractivity contribution is -0.118. The van der Waals surface area contributed by atoms with Crippen LogP contribution in [0.15, 0.2) is 35.7 Å². The van der Waals surface area contributed by atoms with E-state index in [0.717, 1.165) is 29.0 Å². The van der Waals surface area contributed by atoms with Crippen LogP contribution in [0, 0.1) is 0 Å². The van der Waals surface area contributed by atoms with E-state index in [1.165, 1.54) is 0 Å². The normalized spacial score (nSPS) is 13.8. The van der Waals surface area contributed by atoms with Gasteiger partial charge in [-0.05, 0) is 42.0 Å². The number of thiophene rings is 1. The molecule has 2 amide bonds. The van der Waals surface area contributed by atoms with Crippen LogP contribution < -0.4 is 10.6 Å². The van der Waals surface area contributed by atoms with E-state index in [1.807, 2.05) is 23.6 Å². The second kappa shape index (κ2) is 5.69. The molecule has 2 heterocycles. The molecule has 0 unspecified atom stereocenters. The van der Waals surface area contributed by atoms with Gasteiger partial charge in [0.05, 0.1) is 6.42 Å². The van der Waals surface area contributed by atoms with Gasteiger partial charge in [-0.15, -0.1) is 11.3 Å². The van der Waals surface area contributed by atoms with Crippen LogP contribution in [0.1, 0.15) is 27.2 Å². The molecular weight excluding hydrogens is 284 g/mol. The largest absolute Gasteiger partial charge is 0.366 e. The van der Waals surface area contributed by atoms with Gasteiger partial charge in [0.1, 0.15) is 0 Å². The second-order valence-corrected chi connectivity index (χ2v) is 6.10. The molecule has 21 heavy (non-hydrogen) atoms. The Hall–Kier alpha value is -2.14. The van der Waals surface area contributed by atoms with Crippen LogP contribution in [0.25, 0.3) is 0 Å². The third-order valence-corrected chi connectivity index (χ3v) is 4.60. The number of anilines is 1. The van der Waals surface area contributed by atoms with Gasteiger partial charge in [0.25, 0.3) is 0 Å². The first-order chi connectivity index (χ1) is 10.2. The molecule has 3 rings (SSSR count). The number of nitrogens with zero attached hydrogens (tertiary/aromatic N) is 1. The quantitative estimate of drug-likeness (QED) is 0.946. The third kappa shape index (κ3) is 2.69. The molecule has 108 valence electrons. The lowest BCUT2D eigenvalue weighted by Crippen LogP contribution is -2.37. The first-order valence-electron chi connectivity index (χ1n) is 6.91. The van der Waals surface area contributed by atoms with E-state index >= 15 is 0 Å². The minimum absolute atomic E-state index is 0.0695. The van der Waals surface area contributed by atoms with Crippen LogP contribution in [0.3, 0.4) is 0 Å². The minimum atomic E-state index is -0.431. The van der Waals surface area contributed by atoms with Gasteiger partial charge in [-0.25, -0.2) is 0 Å². The van der Waals surface area contributed by atoms with E-state index in [2.05, 4.69) is 0 Å². The molecule has 0 bridgehead atoms. The fourth-order valence-corrected chi connectivity index (χ4v) is 3.47. The van der Waals surface area contributed by atoms with Crippen molar-refractivity contribution < 1.29 is 9.59 Å². The monoisotopic (exact) mass is 300 g/mol. The van der Waals surface area contributed by atoms with Gasteiger partial charge in [-0.1, -0.05) is 12.1 Å². The van der Waals surface area contributed by atoms with Gasteiger partial charge in [0, 0.05) is 22.7 Å². The van der Waals surface area contributed by atoms with E-state index in [4.69, 9.17) is 5.73 Å². The average Bonchev–Trinajstić information content (AvgIpc) is 2.98. The van der Waals surface area contributed by atoms with Crippen molar-refractivity contribution in [2.24, 2.45) is 5.73 Å². The molecule has 5 heteroatoms. The molecule has 0 saturated heterocycles. The number of amides is 2. The number of primary amides is 1. The van der Waals surface area contributed by atoms with Crippen LogP contribution in [0.4, 0.5) is 5.69 Å². The molecule has 0 aliphatic carbocycles. The van der Waals surface area contributed by atoms with Gasteiger partial charge in [0.15, 0.2) is 0 Å². The highest BCUT2D eigenvalue weighted by Crippen LogP contribution is 2.30. The SMILES string of the molecule is NC(=O)c1cccc2c1CCCN2C(=O)Cc1cccs1. The van der Waals surface area contributed by atoms with Crippen molar-refractivity contribution in [3.8, 4) is 0 Å². The van der Waals surface area contributed by atoms with Crippen molar-refractivity contribution in [1.29, 1.82) is 0 Å². The summed E-state index contributed by atoms with van der Waals surface area (Å²) in [7, 11) is 0. The molecule has 0 saturated carbocycles. The summed E-state index contributed by atoms with van der Waals surface area (Å²) in [4.78, 5) is 26.9.